The quantitative estimate of drug-likeness (QED) is 0.264. The molecular formula is C35H27N5. The number of nitrogens with one attached hydrogen (secondary N) is 2. The molecule has 0 aliphatic carbocycles. The van der Waals surface area contributed by atoms with E-state index in [9.17, 15) is 0 Å². The molecule has 0 unspecified atom stereocenters. The Labute approximate surface area is 233 Å². The van der Waals surface area contributed by atoms with Gasteiger partial charge in [-0.05, 0) is 33.5 Å². The number of benzene rings is 5. The van der Waals surface area contributed by atoms with Crippen molar-refractivity contribution in [1.82, 2.24) is 10.6 Å². The first kappa shape index (κ1) is 23.8. The molecule has 0 saturated heterocycles. The zero-order chi connectivity index (χ0) is 26.7. The second kappa shape index (κ2) is 10.5. The number of hydrogen-bond donors (Lipinski definition) is 2. The Morgan fingerprint density at radius 2 is 1.20 bits per heavy atom. The fourth-order valence-electron chi connectivity index (χ4n) is 5.30. The third-order valence-electron chi connectivity index (χ3n) is 7.26. The Balaban J connectivity index is 1.37. The summed E-state index contributed by atoms with van der Waals surface area (Å²) in [5, 5.41) is 9.17. The minimum Gasteiger partial charge on any atom is -0.366 e. The Morgan fingerprint density at radius 3 is 1.82 bits per heavy atom. The van der Waals surface area contributed by atoms with Crippen LogP contribution in [0.25, 0.3) is 27.6 Å². The van der Waals surface area contributed by atoms with Crippen molar-refractivity contribution in [3.8, 4) is 11.1 Å². The van der Waals surface area contributed by atoms with Crippen LogP contribution in [0.2, 0.25) is 0 Å². The SMILES string of the molecule is C1=NCNC(c2ccc(-c3cccc4cccc(C5N=C(c6ccccc6)NC(c6ccccc6)=N5)c34)cc2)=C1. The third kappa shape index (κ3) is 4.58. The standard InChI is InChI=1S/C35H27N5/c1-3-9-27(10-4-1)33-38-34(28-11-5-2-6-12-28)40-35(39-33)30-16-8-14-26-13-7-15-29(32(26)30)24-17-19-25(20-18-24)31-21-22-36-23-37-31/h1-22,35,37H,23H2,(H,38,39,40). The van der Waals surface area contributed by atoms with Crippen LogP contribution in [0.1, 0.15) is 28.4 Å². The Bertz CT molecular complexity index is 1740. The molecule has 0 fully saturated rings. The second-order valence-electron chi connectivity index (χ2n) is 9.76. The van der Waals surface area contributed by atoms with Crippen LogP contribution in [0.3, 0.4) is 0 Å². The summed E-state index contributed by atoms with van der Waals surface area (Å²) in [7, 11) is 0. The second-order valence-corrected chi connectivity index (χ2v) is 9.76. The van der Waals surface area contributed by atoms with Crippen molar-refractivity contribution in [2.45, 2.75) is 6.17 Å². The zero-order valence-corrected chi connectivity index (χ0v) is 21.8. The van der Waals surface area contributed by atoms with Crippen LogP contribution in [0.15, 0.2) is 142 Å². The van der Waals surface area contributed by atoms with Gasteiger partial charge in [-0.2, -0.15) is 0 Å². The van der Waals surface area contributed by atoms with Gasteiger partial charge in [0, 0.05) is 28.6 Å². The molecular weight excluding hydrogens is 490 g/mol. The van der Waals surface area contributed by atoms with Crippen LogP contribution in [-0.4, -0.2) is 24.6 Å². The molecule has 0 bridgehead atoms. The summed E-state index contributed by atoms with van der Waals surface area (Å²) in [5.41, 5.74) is 7.68. The van der Waals surface area contributed by atoms with E-state index in [1.807, 2.05) is 48.7 Å². The van der Waals surface area contributed by atoms with Crippen LogP contribution in [-0.2, 0) is 0 Å². The van der Waals surface area contributed by atoms with Gasteiger partial charge in [0.05, 0.1) is 0 Å². The molecule has 0 spiro atoms. The molecule has 0 aromatic heterocycles. The molecule has 0 atom stereocenters. The molecule has 7 rings (SSSR count). The lowest BCUT2D eigenvalue weighted by molar-refractivity contribution is 0.762. The van der Waals surface area contributed by atoms with E-state index >= 15 is 0 Å². The lowest BCUT2D eigenvalue weighted by Gasteiger charge is -2.24. The number of rotatable bonds is 5. The van der Waals surface area contributed by atoms with Crippen LogP contribution >= 0.6 is 0 Å². The number of allylic oxidation sites excluding steroid dienone is 1. The van der Waals surface area contributed by atoms with Gasteiger partial charge >= 0.3 is 0 Å². The number of hydrogen-bond acceptors (Lipinski definition) is 5. The lowest BCUT2D eigenvalue weighted by Crippen LogP contribution is -2.36. The highest BCUT2D eigenvalue weighted by molar-refractivity contribution is 6.16. The first-order valence-corrected chi connectivity index (χ1v) is 13.4. The van der Waals surface area contributed by atoms with Crippen molar-refractivity contribution in [1.29, 1.82) is 0 Å². The topological polar surface area (TPSA) is 61.1 Å². The summed E-state index contributed by atoms with van der Waals surface area (Å²) in [4.78, 5) is 14.5. The van der Waals surface area contributed by atoms with Gasteiger partial charge in [-0.15, -0.1) is 0 Å². The minimum absolute atomic E-state index is 0.397. The van der Waals surface area contributed by atoms with E-state index in [0.29, 0.717) is 6.67 Å². The zero-order valence-electron chi connectivity index (χ0n) is 21.8. The maximum Gasteiger partial charge on any atom is 0.170 e. The molecule has 2 aliphatic rings. The molecule has 5 nitrogen and oxygen atoms in total. The van der Waals surface area contributed by atoms with Crippen molar-refractivity contribution in [2.24, 2.45) is 15.0 Å². The fraction of sp³-hybridized carbons (Fsp3) is 0.0571. The Morgan fingerprint density at radius 1 is 0.575 bits per heavy atom. The molecule has 5 heteroatoms. The van der Waals surface area contributed by atoms with E-state index < -0.39 is 6.17 Å². The van der Waals surface area contributed by atoms with Crippen LogP contribution in [0.5, 0.6) is 0 Å². The Kier molecular flexibility index (Phi) is 6.23. The number of amidine groups is 2. The molecule has 5 aromatic carbocycles. The predicted octanol–water partition coefficient (Wildman–Crippen LogP) is 6.97. The molecule has 2 aliphatic heterocycles. The molecule has 2 N–H and O–H groups in total. The Hall–Kier alpha value is -5.29. The summed E-state index contributed by atoms with van der Waals surface area (Å²) >= 11 is 0. The largest absolute Gasteiger partial charge is 0.366 e. The van der Waals surface area contributed by atoms with E-state index in [1.165, 1.54) is 16.3 Å². The van der Waals surface area contributed by atoms with Gasteiger partial charge in [0.15, 0.2) is 6.17 Å². The fourth-order valence-corrected chi connectivity index (χ4v) is 5.30. The van der Waals surface area contributed by atoms with Crippen molar-refractivity contribution >= 4 is 34.4 Å². The summed E-state index contributed by atoms with van der Waals surface area (Å²) in [6.45, 7) is 0.605. The normalized spacial score (nSPS) is 15.1. The molecule has 0 amide bonds. The van der Waals surface area contributed by atoms with E-state index in [-0.39, 0.29) is 0 Å². The maximum absolute atomic E-state index is 5.15. The third-order valence-corrected chi connectivity index (χ3v) is 7.26. The summed E-state index contributed by atoms with van der Waals surface area (Å²) < 4.78 is 0. The molecule has 40 heavy (non-hydrogen) atoms. The number of nitrogens with zero attached hydrogens (tertiary/aromatic N) is 3. The van der Waals surface area contributed by atoms with Gasteiger partial charge in [-0.1, -0.05) is 121 Å². The van der Waals surface area contributed by atoms with Crippen molar-refractivity contribution in [3.63, 3.8) is 0 Å². The highest BCUT2D eigenvalue weighted by Gasteiger charge is 2.23. The van der Waals surface area contributed by atoms with E-state index in [4.69, 9.17) is 9.98 Å². The highest BCUT2D eigenvalue weighted by Crippen LogP contribution is 2.37. The van der Waals surface area contributed by atoms with Gasteiger partial charge in [-0.3, -0.25) is 4.99 Å². The van der Waals surface area contributed by atoms with Crippen LogP contribution < -0.4 is 10.6 Å². The van der Waals surface area contributed by atoms with E-state index in [0.717, 1.165) is 45.2 Å². The van der Waals surface area contributed by atoms with Gasteiger partial charge in [0.2, 0.25) is 0 Å². The van der Waals surface area contributed by atoms with Gasteiger partial charge in [0.1, 0.15) is 18.3 Å². The van der Waals surface area contributed by atoms with Gasteiger partial charge in [0.25, 0.3) is 0 Å². The first-order valence-electron chi connectivity index (χ1n) is 13.4. The molecule has 0 radical (unpaired) electrons. The smallest absolute Gasteiger partial charge is 0.170 e. The predicted molar refractivity (Wildman–Crippen MR) is 166 cm³/mol. The molecule has 2 heterocycles. The van der Waals surface area contributed by atoms with Crippen LogP contribution in [0.4, 0.5) is 0 Å². The average molecular weight is 518 g/mol. The number of fused-ring (bicyclic) bond motifs is 1. The monoisotopic (exact) mass is 517 g/mol. The maximum atomic E-state index is 5.15. The highest BCUT2D eigenvalue weighted by atomic mass is 15.2. The minimum atomic E-state index is -0.397. The average Bonchev–Trinajstić information content (AvgIpc) is 3.05. The van der Waals surface area contributed by atoms with Gasteiger partial charge < -0.3 is 10.6 Å². The van der Waals surface area contributed by atoms with Crippen molar-refractivity contribution in [2.75, 3.05) is 6.67 Å². The molecule has 192 valence electrons. The lowest BCUT2D eigenvalue weighted by atomic mass is 9.92. The first-order chi connectivity index (χ1) is 19.8. The summed E-state index contributed by atoms with van der Waals surface area (Å²) in [6.07, 6.45) is 3.46. The number of aliphatic imine (C=N–C) groups is 3. The molecule has 0 saturated carbocycles. The summed E-state index contributed by atoms with van der Waals surface area (Å²) in [6, 6.07) is 42.1. The van der Waals surface area contributed by atoms with E-state index in [1.54, 1.807) is 0 Å². The van der Waals surface area contributed by atoms with Gasteiger partial charge in [-0.25, -0.2) is 9.98 Å². The van der Waals surface area contributed by atoms with Crippen molar-refractivity contribution in [3.05, 3.63) is 150 Å². The van der Waals surface area contributed by atoms with Crippen molar-refractivity contribution < 1.29 is 0 Å². The molecule has 5 aromatic rings. The summed E-state index contributed by atoms with van der Waals surface area (Å²) in [5.74, 6) is 1.63. The van der Waals surface area contributed by atoms with E-state index in [2.05, 4.69) is 101 Å². The van der Waals surface area contributed by atoms with Crippen LogP contribution in [0, 0.1) is 0 Å².